The summed E-state index contributed by atoms with van der Waals surface area (Å²) in [5, 5.41) is 0.0446. The molecule has 3 rings (SSSR count). The van der Waals surface area contributed by atoms with E-state index in [1.165, 1.54) is 0 Å². The summed E-state index contributed by atoms with van der Waals surface area (Å²) >= 11 is 0. The largest absolute Gasteiger partial charge is 0.423 e. The standard InChI is InChI=1S/C19H26N2O3S/c1-14-8-10-15(11-9-14)25(22,23)16-17(21-12-6-5-7-13-21)24-18(20-16)19(2,3)4/h8-11H,5-7,12-13H2,1-4H3. The fourth-order valence-corrected chi connectivity index (χ4v) is 4.24. The molecule has 1 aromatic heterocycles. The molecule has 0 N–H and O–H groups in total. The number of anilines is 1. The Kier molecular flexibility index (Phi) is 4.66. The van der Waals surface area contributed by atoms with Crippen molar-refractivity contribution in [2.75, 3.05) is 18.0 Å². The quantitative estimate of drug-likeness (QED) is 0.822. The van der Waals surface area contributed by atoms with Crippen LogP contribution in [0.1, 0.15) is 51.5 Å². The number of rotatable bonds is 3. The first-order valence-electron chi connectivity index (χ1n) is 8.77. The van der Waals surface area contributed by atoms with Crippen LogP contribution < -0.4 is 4.90 Å². The van der Waals surface area contributed by atoms with E-state index in [0.717, 1.165) is 37.9 Å². The van der Waals surface area contributed by atoms with Gasteiger partial charge in [-0.3, -0.25) is 0 Å². The number of sulfone groups is 1. The van der Waals surface area contributed by atoms with E-state index < -0.39 is 9.84 Å². The molecular weight excluding hydrogens is 336 g/mol. The summed E-state index contributed by atoms with van der Waals surface area (Å²) in [5.41, 5.74) is 0.664. The summed E-state index contributed by atoms with van der Waals surface area (Å²) < 4.78 is 32.4. The molecule has 1 fully saturated rings. The van der Waals surface area contributed by atoms with E-state index >= 15 is 0 Å². The zero-order valence-electron chi connectivity index (χ0n) is 15.4. The molecule has 1 aliphatic heterocycles. The summed E-state index contributed by atoms with van der Waals surface area (Å²) in [6.45, 7) is 9.46. The molecule has 1 aromatic carbocycles. The molecule has 0 aliphatic carbocycles. The van der Waals surface area contributed by atoms with E-state index in [0.29, 0.717) is 11.8 Å². The van der Waals surface area contributed by atoms with Crippen molar-refractivity contribution in [2.24, 2.45) is 0 Å². The predicted octanol–water partition coefficient (Wildman–Crippen LogP) is 4.10. The van der Waals surface area contributed by atoms with Crippen LogP contribution in [0.4, 0.5) is 5.88 Å². The molecule has 0 amide bonds. The highest BCUT2D eigenvalue weighted by Crippen LogP contribution is 2.36. The summed E-state index contributed by atoms with van der Waals surface area (Å²) in [6.07, 6.45) is 3.24. The molecule has 25 heavy (non-hydrogen) atoms. The van der Waals surface area contributed by atoms with Gasteiger partial charge < -0.3 is 9.32 Å². The number of benzene rings is 1. The molecule has 0 atom stereocenters. The molecular formula is C19H26N2O3S. The number of oxazole rings is 1. The average molecular weight is 362 g/mol. The average Bonchev–Trinajstić information content (AvgIpc) is 3.02. The van der Waals surface area contributed by atoms with Gasteiger partial charge in [0.15, 0.2) is 0 Å². The molecule has 0 bridgehead atoms. The van der Waals surface area contributed by atoms with Crippen molar-refractivity contribution in [1.29, 1.82) is 0 Å². The summed E-state index contributed by atoms with van der Waals surface area (Å²) in [4.78, 5) is 6.71. The minimum Gasteiger partial charge on any atom is -0.423 e. The highest BCUT2D eigenvalue weighted by Gasteiger charge is 2.34. The van der Waals surface area contributed by atoms with Crippen LogP contribution in [-0.4, -0.2) is 26.5 Å². The lowest BCUT2D eigenvalue weighted by Gasteiger charge is -2.26. The number of hydrogen-bond acceptors (Lipinski definition) is 5. The van der Waals surface area contributed by atoms with Gasteiger partial charge >= 0.3 is 0 Å². The van der Waals surface area contributed by atoms with Crippen molar-refractivity contribution < 1.29 is 12.8 Å². The zero-order valence-corrected chi connectivity index (χ0v) is 16.2. The molecule has 0 radical (unpaired) electrons. The molecule has 136 valence electrons. The molecule has 1 saturated heterocycles. The second kappa shape index (κ2) is 6.48. The monoisotopic (exact) mass is 362 g/mol. The summed E-state index contributed by atoms with van der Waals surface area (Å²) in [6, 6.07) is 6.88. The molecule has 2 heterocycles. The lowest BCUT2D eigenvalue weighted by atomic mass is 9.97. The van der Waals surface area contributed by atoms with Gasteiger partial charge in [-0.2, -0.15) is 4.98 Å². The Morgan fingerprint density at radius 1 is 1.04 bits per heavy atom. The maximum absolute atomic E-state index is 13.2. The Balaban J connectivity index is 2.12. The summed E-state index contributed by atoms with van der Waals surface area (Å²) in [5.74, 6) is 0.851. The number of piperidine rings is 1. The van der Waals surface area contributed by atoms with Gasteiger partial charge in [0.05, 0.1) is 4.90 Å². The second-order valence-corrected chi connectivity index (χ2v) is 9.61. The van der Waals surface area contributed by atoms with Crippen LogP contribution in [0.2, 0.25) is 0 Å². The third kappa shape index (κ3) is 3.59. The van der Waals surface area contributed by atoms with E-state index in [2.05, 4.69) is 4.98 Å². The minimum atomic E-state index is -3.72. The van der Waals surface area contributed by atoms with Crippen molar-refractivity contribution in [3.05, 3.63) is 35.7 Å². The van der Waals surface area contributed by atoms with Crippen LogP contribution >= 0.6 is 0 Å². The summed E-state index contributed by atoms with van der Waals surface area (Å²) in [7, 11) is -3.72. The van der Waals surface area contributed by atoms with Crippen LogP contribution in [0.25, 0.3) is 0 Å². The first-order valence-corrected chi connectivity index (χ1v) is 10.3. The first-order chi connectivity index (χ1) is 11.7. The van der Waals surface area contributed by atoms with Gasteiger partial charge in [0.1, 0.15) is 0 Å². The van der Waals surface area contributed by atoms with Crippen molar-refractivity contribution in [2.45, 2.75) is 62.3 Å². The van der Waals surface area contributed by atoms with E-state index in [1.54, 1.807) is 24.3 Å². The maximum atomic E-state index is 13.2. The van der Waals surface area contributed by atoms with Gasteiger partial charge in [-0.15, -0.1) is 0 Å². The lowest BCUT2D eigenvalue weighted by molar-refractivity contribution is 0.386. The molecule has 0 saturated carbocycles. The Labute approximate surface area is 150 Å². The third-order valence-electron chi connectivity index (χ3n) is 4.45. The molecule has 6 heteroatoms. The fourth-order valence-electron chi connectivity index (χ4n) is 2.92. The number of nitrogens with zero attached hydrogens (tertiary/aromatic N) is 2. The highest BCUT2D eigenvalue weighted by molar-refractivity contribution is 7.91. The van der Waals surface area contributed by atoms with E-state index in [9.17, 15) is 8.42 Å². The molecule has 2 aromatic rings. The third-order valence-corrected chi connectivity index (χ3v) is 6.12. The smallest absolute Gasteiger partial charge is 0.236 e. The topological polar surface area (TPSA) is 63.4 Å². The minimum absolute atomic E-state index is 0.0446. The van der Waals surface area contributed by atoms with Crippen LogP contribution in [0, 0.1) is 6.92 Å². The van der Waals surface area contributed by atoms with Crippen molar-refractivity contribution in [3.8, 4) is 0 Å². The van der Waals surface area contributed by atoms with Crippen molar-refractivity contribution >= 4 is 15.7 Å². The Hall–Kier alpha value is -1.82. The van der Waals surface area contributed by atoms with Gasteiger partial charge in [0.2, 0.25) is 26.6 Å². The normalized spacial score (nSPS) is 16.2. The Morgan fingerprint density at radius 2 is 1.64 bits per heavy atom. The van der Waals surface area contributed by atoms with E-state index in [4.69, 9.17) is 4.42 Å². The predicted molar refractivity (Wildman–Crippen MR) is 97.9 cm³/mol. The van der Waals surface area contributed by atoms with E-state index in [1.807, 2.05) is 32.6 Å². The van der Waals surface area contributed by atoms with Crippen LogP contribution in [0.15, 0.2) is 38.6 Å². The Morgan fingerprint density at radius 3 is 2.20 bits per heavy atom. The number of hydrogen-bond donors (Lipinski definition) is 0. The number of aryl methyl sites for hydroxylation is 1. The van der Waals surface area contributed by atoms with Crippen LogP contribution in [0.5, 0.6) is 0 Å². The highest BCUT2D eigenvalue weighted by atomic mass is 32.2. The molecule has 0 unspecified atom stereocenters. The van der Waals surface area contributed by atoms with Gasteiger partial charge in [0, 0.05) is 18.5 Å². The van der Waals surface area contributed by atoms with E-state index in [-0.39, 0.29) is 15.3 Å². The van der Waals surface area contributed by atoms with Crippen molar-refractivity contribution in [3.63, 3.8) is 0 Å². The van der Waals surface area contributed by atoms with Gasteiger partial charge in [-0.25, -0.2) is 8.42 Å². The maximum Gasteiger partial charge on any atom is 0.236 e. The molecule has 1 aliphatic rings. The first kappa shape index (κ1) is 18.0. The molecule has 5 nitrogen and oxygen atoms in total. The lowest BCUT2D eigenvalue weighted by Crippen LogP contribution is -2.30. The van der Waals surface area contributed by atoms with Crippen LogP contribution in [0.3, 0.4) is 0 Å². The zero-order chi connectivity index (χ0) is 18.2. The second-order valence-electron chi connectivity index (χ2n) is 7.74. The van der Waals surface area contributed by atoms with Crippen molar-refractivity contribution in [1.82, 2.24) is 4.98 Å². The van der Waals surface area contributed by atoms with Gasteiger partial charge in [-0.1, -0.05) is 38.5 Å². The van der Waals surface area contributed by atoms with Gasteiger partial charge in [0.25, 0.3) is 0 Å². The SMILES string of the molecule is Cc1ccc(S(=O)(=O)c2nc(C(C)(C)C)oc2N2CCCCC2)cc1. The fraction of sp³-hybridized carbons (Fsp3) is 0.526. The van der Waals surface area contributed by atoms with Crippen LogP contribution in [-0.2, 0) is 15.3 Å². The molecule has 0 spiro atoms. The van der Waals surface area contributed by atoms with Gasteiger partial charge in [-0.05, 0) is 38.3 Å². The number of aromatic nitrogens is 1. The Bertz CT molecular complexity index is 840.